The minimum absolute atomic E-state index is 0.170. The van der Waals surface area contributed by atoms with Gasteiger partial charge in [0.1, 0.15) is 12.0 Å². The number of hydrogen-bond donors (Lipinski definition) is 3. The molecule has 0 aromatic heterocycles. The second-order valence-electron chi connectivity index (χ2n) is 3.85. The summed E-state index contributed by atoms with van der Waals surface area (Å²) in [6, 6.07) is -0.589. The third-order valence-electron chi connectivity index (χ3n) is 2.16. The van der Waals surface area contributed by atoms with Crippen molar-refractivity contribution in [3.05, 3.63) is 11.8 Å². The molecule has 0 heterocycles. The first kappa shape index (κ1) is 16.3. The van der Waals surface area contributed by atoms with Crippen molar-refractivity contribution < 1.29 is 14.4 Å². The molecule has 102 valence electrons. The van der Waals surface area contributed by atoms with Gasteiger partial charge in [-0.15, -0.1) is 0 Å². The van der Waals surface area contributed by atoms with Gasteiger partial charge in [-0.2, -0.15) is 0 Å². The van der Waals surface area contributed by atoms with Crippen molar-refractivity contribution in [3.8, 4) is 0 Å². The number of carbonyl (C=O) groups excluding carboxylic acids is 3. The van der Waals surface area contributed by atoms with E-state index in [1.165, 1.54) is 0 Å². The van der Waals surface area contributed by atoms with Gasteiger partial charge < -0.3 is 21.2 Å². The summed E-state index contributed by atoms with van der Waals surface area (Å²) in [5.74, 6) is -0.712. The SMILES string of the molecule is CCC(=O)N/C(=C/CCCN)C(=O)NC(C)C=O. The van der Waals surface area contributed by atoms with Gasteiger partial charge in [0.15, 0.2) is 0 Å². The average Bonchev–Trinajstić information content (AvgIpc) is 2.37. The maximum atomic E-state index is 11.8. The summed E-state index contributed by atoms with van der Waals surface area (Å²) in [5.41, 5.74) is 5.53. The zero-order valence-electron chi connectivity index (χ0n) is 10.9. The van der Waals surface area contributed by atoms with Gasteiger partial charge in [-0.1, -0.05) is 13.0 Å². The number of rotatable bonds is 8. The molecule has 0 saturated carbocycles. The summed E-state index contributed by atoms with van der Waals surface area (Å²) < 4.78 is 0. The molecule has 0 spiro atoms. The topological polar surface area (TPSA) is 101 Å². The Bertz CT molecular complexity index is 327. The fourth-order valence-electron chi connectivity index (χ4n) is 1.12. The van der Waals surface area contributed by atoms with Crippen LogP contribution >= 0.6 is 0 Å². The van der Waals surface area contributed by atoms with Crippen LogP contribution in [0.5, 0.6) is 0 Å². The van der Waals surface area contributed by atoms with Crippen LogP contribution in [0, 0.1) is 0 Å². The number of unbranched alkanes of at least 4 members (excludes halogenated alkanes) is 1. The van der Waals surface area contributed by atoms with Crippen LogP contribution in [0.4, 0.5) is 0 Å². The lowest BCUT2D eigenvalue weighted by atomic mass is 10.2. The molecular formula is C12H21N3O3. The van der Waals surface area contributed by atoms with Gasteiger partial charge in [0.2, 0.25) is 5.91 Å². The van der Waals surface area contributed by atoms with E-state index in [9.17, 15) is 14.4 Å². The number of nitrogens with one attached hydrogen (secondary N) is 2. The molecule has 0 fully saturated rings. The summed E-state index contributed by atoms with van der Waals surface area (Å²) in [6.45, 7) is 3.76. The summed E-state index contributed by atoms with van der Waals surface area (Å²) in [4.78, 5) is 33.5. The van der Waals surface area contributed by atoms with Gasteiger partial charge in [0, 0.05) is 6.42 Å². The normalized spacial score (nSPS) is 12.7. The Balaban J connectivity index is 4.62. The molecule has 0 bridgehead atoms. The zero-order valence-corrected chi connectivity index (χ0v) is 10.9. The van der Waals surface area contributed by atoms with Crippen molar-refractivity contribution in [2.75, 3.05) is 6.54 Å². The molecule has 1 atom stereocenters. The maximum absolute atomic E-state index is 11.8. The first-order chi connectivity index (χ1) is 8.54. The van der Waals surface area contributed by atoms with E-state index in [2.05, 4.69) is 10.6 Å². The van der Waals surface area contributed by atoms with Gasteiger partial charge >= 0.3 is 0 Å². The number of amides is 2. The third-order valence-corrected chi connectivity index (χ3v) is 2.16. The van der Waals surface area contributed by atoms with E-state index in [0.29, 0.717) is 19.3 Å². The molecule has 0 aliphatic rings. The van der Waals surface area contributed by atoms with E-state index in [4.69, 9.17) is 5.73 Å². The summed E-state index contributed by atoms with van der Waals surface area (Å²) in [5, 5.41) is 4.97. The van der Waals surface area contributed by atoms with Gasteiger partial charge in [0.05, 0.1) is 6.04 Å². The van der Waals surface area contributed by atoms with Crippen molar-refractivity contribution in [1.82, 2.24) is 10.6 Å². The van der Waals surface area contributed by atoms with E-state index >= 15 is 0 Å². The molecule has 18 heavy (non-hydrogen) atoms. The second-order valence-corrected chi connectivity index (χ2v) is 3.85. The summed E-state index contributed by atoms with van der Waals surface area (Å²) >= 11 is 0. The molecule has 0 aromatic carbocycles. The van der Waals surface area contributed by atoms with Crippen LogP contribution in [0.3, 0.4) is 0 Å². The van der Waals surface area contributed by atoms with Crippen LogP contribution in [-0.2, 0) is 14.4 Å². The highest BCUT2D eigenvalue weighted by atomic mass is 16.2. The van der Waals surface area contributed by atoms with Crippen molar-refractivity contribution >= 4 is 18.1 Å². The predicted octanol–water partition coefficient (Wildman–Crippen LogP) is -0.161. The standard InChI is InChI=1S/C12H21N3O3/c1-3-11(17)15-10(6-4-5-7-13)12(18)14-9(2)8-16/h6,8-9H,3-5,7,13H2,1-2H3,(H,14,18)(H,15,17)/b10-6+. The Hall–Kier alpha value is -1.69. The number of carbonyl (C=O) groups is 3. The number of allylic oxidation sites excluding steroid dienone is 1. The fraction of sp³-hybridized carbons (Fsp3) is 0.583. The summed E-state index contributed by atoms with van der Waals surface area (Å²) in [7, 11) is 0. The lowest BCUT2D eigenvalue weighted by Crippen LogP contribution is -2.39. The Morgan fingerprint density at radius 1 is 1.39 bits per heavy atom. The molecule has 6 heteroatoms. The van der Waals surface area contributed by atoms with Crippen LogP contribution in [0.2, 0.25) is 0 Å². The van der Waals surface area contributed by atoms with Gasteiger partial charge in [-0.3, -0.25) is 9.59 Å². The van der Waals surface area contributed by atoms with E-state index < -0.39 is 11.9 Å². The Kier molecular flexibility index (Phi) is 8.47. The van der Waals surface area contributed by atoms with E-state index in [1.807, 2.05) is 0 Å². The van der Waals surface area contributed by atoms with Gasteiger partial charge in [0.25, 0.3) is 5.91 Å². The lowest BCUT2D eigenvalue weighted by molar-refractivity contribution is -0.124. The highest BCUT2D eigenvalue weighted by Gasteiger charge is 2.13. The average molecular weight is 255 g/mol. The smallest absolute Gasteiger partial charge is 0.268 e. The van der Waals surface area contributed by atoms with Gasteiger partial charge in [-0.05, 0) is 26.3 Å². The van der Waals surface area contributed by atoms with Crippen molar-refractivity contribution in [3.63, 3.8) is 0 Å². The van der Waals surface area contributed by atoms with Crippen LogP contribution in [0.25, 0.3) is 0 Å². The number of hydrogen-bond acceptors (Lipinski definition) is 4. The molecule has 4 N–H and O–H groups in total. The zero-order chi connectivity index (χ0) is 14.0. The molecule has 0 saturated heterocycles. The van der Waals surface area contributed by atoms with Crippen molar-refractivity contribution in [2.24, 2.45) is 5.73 Å². The predicted molar refractivity (Wildman–Crippen MR) is 68.5 cm³/mol. The maximum Gasteiger partial charge on any atom is 0.268 e. The second kappa shape index (κ2) is 9.35. The first-order valence-corrected chi connectivity index (χ1v) is 6.01. The Morgan fingerprint density at radius 2 is 2.06 bits per heavy atom. The number of nitrogens with two attached hydrogens (primary N) is 1. The molecule has 0 aromatic rings. The molecule has 6 nitrogen and oxygen atoms in total. The molecular weight excluding hydrogens is 234 g/mol. The monoisotopic (exact) mass is 255 g/mol. The molecule has 0 aliphatic carbocycles. The highest BCUT2D eigenvalue weighted by molar-refractivity contribution is 5.98. The largest absolute Gasteiger partial charge is 0.342 e. The van der Waals surface area contributed by atoms with Gasteiger partial charge in [-0.25, -0.2) is 0 Å². The van der Waals surface area contributed by atoms with Crippen LogP contribution in [0.1, 0.15) is 33.1 Å². The first-order valence-electron chi connectivity index (χ1n) is 6.01. The van der Waals surface area contributed by atoms with E-state index in [1.54, 1.807) is 19.9 Å². The molecule has 1 unspecified atom stereocenters. The minimum Gasteiger partial charge on any atom is -0.342 e. The summed E-state index contributed by atoms with van der Waals surface area (Å²) in [6.07, 6.45) is 3.84. The van der Waals surface area contributed by atoms with E-state index in [0.717, 1.165) is 6.42 Å². The molecule has 0 radical (unpaired) electrons. The quantitative estimate of drug-likeness (QED) is 0.318. The van der Waals surface area contributed by atoms with Crippen molar-refractivity contribution in [2.45, 2.75) is 39.2 Å². The lowest BCUT2D eigenvalue weighted by Gasteiger charge is -2.11. The number of aldehydes is 1. The van der Waals surface area contributed by atoms with Crippen LogP contribution < -0.4 is 16.4 Å². The minimum atomic E-state index is -0.589. The molecule has 2 amide bonds. The van der Waals surface area contributed by atoms with Crippen molar-refractivity contribution in [1.29, 1.82) is 0 Å². The Labute approximate surface area is 107 Å². The molecule has 0 aliphatic heterocycles. The third kappa shape index (κ3) is 6.80. The Morgan fingerprint density at radius 3 is 2.56 bits per heavy atom. The van der Waals surface area contributed by atoms with Crippen LogP contribution in [0.15, 0.2) is 11.8 Å². The molecule has 0 rings (SSSR count). The van der Waals surface area contributed by atoms with E-state index in [-0.39, 0.29) is 18.0 Å². The highest BCUT2D eigenvalue weighted by Crippen LogP contribution is 1.98. The fourth-order valence-corrected chi connectivity index (χ4v) is 1.12. The van der Waals surface area contributed by atoms with Crippen LogP contribution in [-0.4, -0.2) is 30.7 Å².